The van der Waals surface area contributed by atoms with Crippen LogP contribution < -0.4 is 5.32 Å². The SMILES string of the molecule is CCC(CC)C(CNC(=O)C(C)(C)CCl)N(C)C. The molecule has 0 rings (SSSR count). The van der Waals surface area contributed by atoms with Gasteiger partial charge in [0.05, 0.1) is 5.41 Å². The van der Waals surface area contributed by atoms with E-state index in [2.05, 4.69) is 38.2 Å². The molecule has 1 unspecified atom stereocenters. The molecule has 0 heterocycles. The molecule has 0 saturated carbocycles. The Hall–Kier alpha value is -0.280. The molecule has 0 saturated heterocycles. The van der Waals surface area contributed by atoms with Gasteiger partial charge in [0.1, 0.15) is 0 Å². The maximum absolute atomic E-state index is 12.0. The highest BCUT2D eigenvalue weighted by Gasteiger charge is 2.28. The van der Waals surface area contributed by atoms with Crippen LogP contribution in [-0.4, -0.2) is 43.4 Å². The van der Waals surface area contributed by atoms with E-state index in [1.807, 2.05) is 13.8 Å². The Morgan fingerprint density at radius 2 is 1.78 bits per heavy atom. The fourth-order valence-corrected chi connectivity index (χ4v) is 2.22. The highest BCUT2D eigenvalue weighted by atomic mass is 35.5. The number of carbonyl (C=O) groups is 1. The number of hydrogen-bond acceptors (Lipinski definition) is 2. The smallest absolute Gasteiger partial charge is 0.226 e. The first-order valence-corrected chi connectivity index (χ1v) is 7.34. The number of carbonyl (C=O) groups excluding carboxylic acids is 1. The van der Waals surface area contributed by atoms with Crippen LogP contribution >= 0.6 is 11.6 Å². The Balaban J connectivity index is 4.50. The summed E-state index contributed by atoms with van der Waals surface area (Å²) in [6.07, 6.45) is 2.27. The van der Waals surface area contributed by atoms with Crippen LogP contribution in [0.2, 0.25) is 0 Å². The zero-order chi connectivity index (χ0) is 14.3. The molecule has 1 amide bonds. The summed E-state index contributed by atoms with van der Waals surface area (Å²) >= 11 is 5.81. The molecule has 1 atom stereocenters. The maximum Gasteiger partial charge on any atom is 0.226 e. The van der Waals surface area contributed by atoms with Crippen molar-refractivity contribution in [3.63, 3.8) is 0 Å². The number of nitrogens with one attached hydrogen (secondary N) is 1. The summed E-state index contributed by atoms with van der Waals surface area (Å²) in [4.78, 5) is 14.2. The summed E-state index contributed by atoms with van der Waals surface area (Å²) in [5.74, 6) is 0.992. The van der Waals surface area contributed by atoms with E-state index in [9.17, 15) is 4.79 Å². The minimum Gasteiger partial charge on any atom is -0.354 e. The average Bonchev–Trinajstić information content (AvgIpc) is 2.33. The first kappa shape index (κ1) is 17.7. The van der Waals surface area contributed by atoms with Crippen LogP contribution in [0.15, 0.2) is 0 Å². The maximum atomic E-state index is 12.0. The first-order chi connectivity index (χ1) is 8.30. The molecular formula is C14H29ClN2O. The second-order valence-corrected chi connectivity index (χ2v) is 6.10. The van der Waals surface area contributed by atoms with Crippen molar-refractivity contribution < 1.29 is 4.79 Å². The topological polar surface area (TPSA) is 32.3 Å². The zero-order valence-corrected chi connectivity index (χ0v) is 13.5. The van der Waals surface area contributed by atoms with Crippen LogP contribution in [0, 0.1) is 11.3 Å². The lowest BCUT2D eigenvalue weighted by atomic mass is 9.92. The Labute approximate surface area is 117 Å². The van der Waals surface area contributed by atoms with Gasteiger partial charge in [0, 0.05) is 18.5 Å². The summed E-state index contributed by atoms with van der Waals surface area (Å²) in [6, 6.07) is 0.384. The molecule has 108 valence electrons. The third-order valence-electron chi connectivity index (χ3n) is 3.68. The van der Waals surface area contributed by atoms with Gasteiger partial charge in [0.25, 0.3) is 0 Å². The molecular weight excluding hydrogens is 248 g/mol. The van der Waals surface area contributed by atoms with E-state index in [4.69, 9.17) is 11.6 Å². The Kier molecular flexibility index (Phi) is 7.88. The number of rotatable bonds is 8. The van der Waals surface area contributed by atoms with Gasteiger partial charge >= 0.3 is 0 Å². The van der Waals surface area contributed by atoms with Gasteiger partial charge in [-0.15, -0.1) is 11.6 Å². The number of likely N-dealkylation sites (N-methyl/N-ethyl adjacent to an activating group) is 1. The van der Waals surface area contributed by atoms with E-state index in [1.165, 1.54) is 0 Å². The molecule has 4 heteroatoms. The van der Waals surface area contributed by atoms with Crippen molar-refractivity contribution in [2.24, 2.45) is 11.3 Å². The monoisotopic (exact) mass is 276 g/mol. The van der Waals surface area contributed by atoms with Crippen LogP contribution in [0.5, 0.6) is 0 Å². The number of alkyl halides is 1. The minimum absolute atomic E-state index is 0.0373. The molecule has 0 aliphatic heterocycles. The molecule has 0 bridgehead atoms. The molecule has 0 aromatic heterocycles. The van der Waals surface area contributed by atoms with Gasteiger partial charge in [-0.1, -0.05) is 26.7 Å². The van der Waals surface area contributed by atoms with E-state index >= 15 is 0 Å². The van der Waals surface area contributed by atoms with Crippen LogP contribution in [0.1, 0.15) is 40.5 Å². The van der Waals surface area contributed by atoms with E-state index in [0.717, 1.165) is 12.8 Å². The van der Waals surface area contributed by atoms with Gasteiger partial charge in [0.2, 0.25) is 5.91 Å². The van der Waals surface area contributed by atoms with Crippen molar-refractivity contribution >= 4 is 17.5 Å². The van der Waals surface area contributed by atoms with E-state index in [-0.39, 0.29) is 5.91 Å². The molecule has 0 radical (unpaired) electrons. The normalized spacial score (nSPS) is 14.1. The quantitative estimate of drug-likeness (QED) is 0.692. The molecule has 0 aliphatic carbocycles. The number of amides is 1. The second-order valence-electron chi connectivity index (χ2n) is 5.84. The second kappa shape index (κ2) is 8.00. The predicted octanol–water partition coefficient (Wildman–Crippen LogP) is 2.73. The fourth-order valence-electron chi connectivity index (χ4n) is 2.10. The van der Waals surface area contributed by atoms with Crippen LogP contribution in [0.3, 0.4) is 0 Å². The van der Waals surface area contributed by atoms with Gasteiger partial charge < -0.3 is 10.2 Å². The third kappa shape index (κ3) is 5.15. The predicted molar refractivity (Wildman–Crippen MR) is 79.1 cm³/mol. The number of hydrogen-bond donors (Lipinski definition) is 1. The Morgan fingerprint density at radius 3 is 2.11 bits per heavy atom. The van der Waals surface area contributed by atoms with Gasteiger partial charge in [-0.2, -0.15) is 0 Å². The molecule has 0 spiro atoms. The van der Waals surface area contributed by atoms with Crippen LogP contribution in [0.4, 0.5) is 0 Å². The fraction of sp³-hybridized carbons (Fsp3) is 0.929. The molecule has 0 fully saturated rings. The lowest BCUT2D eigenvalue weighted by Gasteiger charge is -2.32. The number of halogens is 1. The molecule has 1 N–H and O–H groups in total. The lowest BCUT2D eigenvalue weighted by molar-refractivity contribution is -0.128. The largest absolute Gasteiger partial charge is 0.354 e. The molecule has 0 aliphatic rings. The Morgan fingerprint density at radius 1 is 1.28 bits per heavy atom. The average molecular weight is 277 g/mol. The van der Waals surface area contributed by atoms with Gasteiger partial charge in [-0.05, 0) is 33.9 Å². The lowest BCUT2D eigenvalue weighted by Crippen LogP contribution is -2.48. The van der Waals surface area contributed by atoms with E-state index in [0.29, 0.717) is 24.4 Å². The number of nitrogens with zero attached hydrogens (tertiary/aromatic N) is 1. The van der Waals surface area contributed by atoms with Crippen LogP contribution in [-0.2, 0) is 4.79 Å². The summed E-state index contributed by atoms with van der Waals surface area (Å²) < 4.78 is 0. The molecule has 3 nitrogen and oxygen atoms in total. The van der Waals surface area contributed by atoms with Crippen molar-refractivity contribution in [3.05, 3.63) is 0 Å². The summed E-state index contributed by atoms with van der Waals surface area (Å²) in [5.41, 5.74) is -0.494. The highest BCUT2D eigenvalue weighted by molar-refractivity contribution is 6.19. The van der Waals surface area contributed by atoms with Crippen molar-refractivity contribution in [1.29, 1.82) is 0 Å². The highest BCUT2D eigenvalue weighted by Crippen LogP contribution is 2.19. The summed E-state index contributed by atoms with van der Waals surface area (Å²) in [5, 5.41) is 3.04. The van der Waals surface area contributed by atoms with Crippen molar-refractivity contribution in [1.82, 2.24) is 10.2 Å². The Bertz CT molecular complexity index is 250. The molecule has 0 aromatic carbocycles. The standard InChI is InChI=1S/C14H29ClN2O/c1-7-11(8-2)12(17(5)6)9-16-13(18)14(3,4)10-15/h11-12H,7-10H2,1-6H3,(H,16,18). The first-order valence-electron chi connectivity index (χ1n) is 6.80. The molecule has 18 heavy (non-hydrogen) atoms. The summed E-state index contributed by atoms with van der Waals surface area (Å²) in [6.45, 7) is 8.84. The van der Waals surface area contributed by atoms with Crippen molar-refractivity contribution in [2.45, 2.75) is 46.6 Å². The van der Waals surface area contributed by atoms with Gasteiger partial charge in [-0.25, -0.2) is 0 Å². The van der Waals surface area contributed by atoms with Gasteiger partial charge in [0.15, 0.2) is 0 Å². The zero-order valence-electron chi connectivity index (χ0n) is 12.7. The van der Waals surface area contributed by atoms with Crippen molar-refractivity contribution in [3.8, 4) is 0 Å². The van der Waals surface area contributed by atoms with Gasteiger partial charge in [-0.3, -0.25) is 4.79 Å². The van der Waals surface area contributed by atoms with E-state index in [1.54, 1.807) is 0 Å². The molecule has 0 aromatic rings. The van der Waals surface area contributed by atoms with Crippen LogP contribution in [0.25, 0.3) is 0 Å². The van der Waals surface area contributed by atoms with Crippen molar-refractivity contribution in [2.75, 3.05) is 26.5 Å². The third-order valence-corrected chi connectivity index (χ3v) is 4.34. The van der Waals surface area contributed by atoms with E-state index < -0.39 is 5.41 Å². The summed E-state index contributed by atoms with van der Waals surface area (Å²) in [7, 11) is 4.14. The minimum atomic E-state index is -0.494.